The summed E-state index contributed by atoms with van der Waals surface area (Å²) in [4.78, 5) is 0. The van der Waals surface area contributed by atoms with Gasteiger partial charge < -0.3 is 9.84 Å². The van der Waals surface area contributed by atoms with E-state index in [4.69, 9.17) is 9.84 Å². The summed E-state index contributed by atoms with van der Waals surface area (Å²) >= 11 is 0. The molecule has 0 aliphatic rings. The van der Waals surface area contributed by atoms with Gasteiger partial charge in [-0.3, -0.25) is 4.72 Å². The third kappa shape index (κ3) is 4.24. The van der Waals surface area contributed by atoms with Crippen LogP contribution in [0.3, 0.4) is 0 Å². The summed E-state index contributed by atoms with van der Waals surface area (Å²) in [6.45, 7) is 1.70. The molecule has 6 heteroatoms. The van der Waals surface area contributed by atoms with Crippen LogP contribution < -0.4 is 9.46 Å². The molecule has 0 amide bonds. The van der Waals surface area contributed by atoms with Crippen molar-refractivity contribution in [3.63, 3.8) is 0 Å². The lowest BCUT2D eigenvalue weighted by molar-refractivity contribution is 0.295. The number of methoxy groups -OCH3 is 1. The molecule has 0 radical (unpaired) electrons. The molecule has 1 aromatic rings. The molecule has 1 aromatic carbocycles. The van der Waals surface area contributed by atoms with Crippen molar-refractivity contribution < 1.29 is 18.3 Å². The Kier molecular flexibility index (Phi) is 4.77. The van der Waals surface area contributed by atoms with Crippen molar-refractivity contribution in [3.05, 3.63) is 23.8 Å². The number of hydrogen-bond acceptors (Lipinski definition) is 4. The highest BCUT2D eigenvalue weighted by atomic mass is 32.2. The second-order valence-electron chi connectivity index (χ2n) is 3.68. The molecule has 0 heterocycles. The lowest BCUT2D eigenvalue weighted by Crippen LogP contribution is -2.17. The number of ether oxygens (including phenoxy) is 1. The van der Waals surface area contributed by atoms with Crippen LogP contribution in [0.25, 0.3) is 0 Å². The molecule has 96 valence electrons. The summed E-state index contributed by atoms with van der Waals surface area (Å²) in [5.74, 6) is 0.623. The van der Waals surface area contributed by atoms with Crippen molar-refractivity contribution >= 4 is 15.7 Å². The first-order valence-electron chi connectivity index (χ1n) is 5.24. The average molecular weight is 259 g/mol. The molecule has 0 aromatic heterocycles. The van der Waals surface area contributed by atoms with Crippen molar-refractivity contribution in [2.24, 2.45) is 0 Å². The minimum absolute atomic E-state index is 0.0887. The third-order valence-corrected chi connectivity index (χ3v) is 3.61. The Bertz CT molecular complexity index is 470. The number of anilines is 1. The number of aliphatic hydroxyl groups is 1. The molecular weight excluding hydrogens is 242 g/mol. The molecule has 5 nitrogen and oxygen atoms in total. The van der Waals surface area contributed by atoms with E-state index in [2.05, 4.69) is 4.72 Å². The number of sulfonamides is 1. The van der Waals surface area contributed by atoms with Gasteiger partial charge in [0, 0.05) is 12.3 Å². The quantitative estimate of drug-likeness (QED) is 0.803. The zero-order valence-corrected chi connectivity index (χ0v) is 10.8. The lowest BCUT2D eigenvalue weighted by atomic mass is 10.2. The fraction of sp³-hybridized carbons (Fsp3) is 0.455. The SMILES string of the molecule is COc1ccc(NS(=O)(=O)CCCO)cc1C. The number of aryl methyl sites for hydroxylation is 1. The molecule has 0 unspecified atom stereocenters. The fourth-order valence-corrected chi connectivity index (χ4v) is 2.52. The summed E-state index contributed by atoms with van der Waals surface area (Å²) in [5, 5.41) is 8.60. The van der Waals surface area contributed by atoms with E-state index >= 15 is 0 Å². The average Bonchev–Trinajstić information content (AvgIpc) is 2.26. The summed E-state index contributed by atoms with van der Waals surface area (Å²) < 4.78 is 30.7. The Hall–Kier alpha value is -1.27. The van der Waals surface area contributed by atoms with Gasteiger partial charge in [-0.1, -0.05) is 0 Å². The highest BCUT2D eigenvalue weighted by Gasteiger charge is 2.10. The van der Waals surface area contributed by atoms with E-state index in [0.29, 0.717) is 11.4 Å². The van der Waals surface area contributed by atoms with Crippen LogP contribution in [0.4, 0.5) is 5.69 Å². The predicted octanol–water partition coefficient (Wildman–Crippen LogP) is 1.13. The van der Waals surface area contributed by atoms with E-state index in [0.717, 1.165) is 5.56 Å². The molecule has 0 bridgehead atoms. The van der Waals surface area contributed by atoms with Gasteiger partial charge >= 0.3 is 0 Å². The minimum Gasteiger partial charge on any atom is -0.496 e. The first-order chi connectivity index (χ1) is 7.98. The van der Waals surface area contributed by atoms with Crippen molar-refractivity contribution in [2.75, 3.05) is 24.2 Å². The van der Waals surface area contributed by atoms with Crippen molar-refractivity contribution in [1.29, 1.82) is 0 Å². The highest BCUT2D eigenvalue weighted by Crippen LogP contribution is 2.22. The Morgan fingerprint density at radius 1 is 1.41 bits per heavy atom. The van der Waals surface area contributed by atoms with Crippen molar-refractivity contribution in [3.8, 4) is 5.75 Å². The number of benzene rings is 1. The number of hydrogen-bond donors (Lipinski definition) is 2. The maximum Gasteiger partial charge on any atom is 0.232 e. The Balaban J connectivity index is 2.78. The molecule has 0 aliphatic carbocycles. The smallest absolute Gasteiger partial charge is 0.232 e. The number of nitrogens with one attached hydrogen (secondary N) is 1. The predicted molar refractivity (Wildman–Crippen MR) is 66.8 cm³/mol. The van der Waals surface area contributed by atoms with Gasteiger partial charge in [-0.2, -0.15) is 0 Å². The number of rotatable bonds is 6. The van der Waals surface area contributed by atoms with E-state index in [9.17, 15) is 8.42 Å². The van der Waals surface area contributed by atoms with Gasteiger partial charge in [0.1, 0.15) is 5.75 Å². The van der Waals surface area contributed by atoms with Crippen LogP contribution in [0.2, 0.25) is 0 Å². The van der Waals surface area contributed by atoms with Crippen molar-refractivity contribution in [1.82, 2.24) is 0 Å². The molecule has 2 N–H and O–H groups in total. The summed E-state index contributed by atoms with van der Waals surface area (Å²) in [7, 11) is -1.82. The van der Waals surface area contributed by atoms with Crippen LogP contribution in [0, 0.1) is 6.92 Å². The van der Waals surface area contributed by atoms with Crippen LogP contribution in [0.15, 0.2) is 18.2 Å². The second kappa shape index (κ2) is 5.88. The maximum absolute atomic E-state index is 11.6. The first-order valence-corrected chi connectivity index (χ1v) is 6.90. The van der Waals surface area contributed by atoms with Crippen LogP contribution in [0.1, 0.15) is 12.0 Å². The van der Waals surface area contributed by atoms with Gasteiger partial charge in [0.25, 0.3) is 0 Å². The van der Waals surface area contributed by atoms with E-state index in [-0.39, 0.29) is 18.8 Å². The largest absolute Gasteiger partial charge is 0.496 e. The van der Waals surface area contributed by atoms with Crippen molar-refractivity contribution in [2.45, 2.75) is 13.3 Å². The van der Waals surface area contributed by atoms with Gasteiger partial charge in [-0.15, -0.1) is 0 Å². The normalized spacial score (nSPS) is 11.2. The summed E-state index contributed by atoms with van der Waals surface area (Å²) in [6.07, 6.45) is 0.227. The molecule has 0 aliphatic heterocycles. The van der Waals surface area contributed by atoms with Crippen LogP contribution in [-0.2, 0) is 10.0 Å². The Morgan fingerprint density at radius 2 is 2.12 bits per heavy atom. The minimum atomic E-state index is -3.38. The van der Waals surface area contributed by atoms with Gasteiger partial charge in [-0.05, 0) is 37.1 Å². The van der Waals surface area contributed by atoms with Gasteiger partial charge in [0.15, 0.2) is 0 Å². The summed E-state index contributed by atoms with van der Waals surface area (Å²) in [5.41, 5.74) is 1.36. The summed E-state index contributed by atoms with van der Waals surface area (Å²) in [6, 6.07) is 5.05. The van der Waals surface area contributed by atoms with E-state index in [1.54, 1.807) is 25.3 Å². The zero-order chi connectivity index (χ0) is 12.9. The highest BCUT2D eigenvalue weighted by molar-refractivity contribution is 7.92. The molecule has 0 fully saturated rings. The van der Waals surface area contributed by atoms with E-state index < -0.39 is 10.0 Å². The van der Waals surface area contributed by atoms with Gasteiger partial charge in [0.2, 0.25) is 10.0 Å². The standard InChI is InChI=1S/C11H17NO4S/c1-9-8-10(4-5-11(9)16-2)12-17(14,15)7-3-6-13/h4-5,8,12-13H,3,6-7H2,1-2H3. The monoisotopic (exact) mass is 259 g/mol. The fourth-order valence-electron chi connectivity index (χ4n) is 1.43. The molecule has 0 saturated carbocycles. The molecule has 0 spiro atoms. The lowest BCUT2D eigenvalue weighted by Gasteiger charge is -2.10. The number of aliphatic hydroxyl groups excluding tert-OH is 1. The Labute approximate surface area is 101 Å². The van der Waals surface area contributed by atoms with E-state index in [1.165, 1.54) is 0 Å². The molecular formula is C11H17NO4S. The van der Waals surface area contributed by atoms with Crippen LogP contribution in [0.5, 0.6) is 5.75 Å². The van der Waals surface area contributed by atoms with Gasteiger partial charge in [-0.25, -0.2) is 8.42 Å². The second-order valence-corrected chi connectivity index (χ2v) is 5.52. The van der Waals surface area contributed by atoms with Crippen LogP contribution in [-0.4, -0.2) is 33.0 Å². The van der Waals surface area contributed by atoms with Gasteiger partial charge in [0.05, 0.1) is 12.9 Å². The third-order valence-electron chi connectivity index (χ3n) is 2.24. The Morgan fingerprint density at radius 3 is 2.65 bits per heavy atom. The van der Waals surface area contributed by atoms with Crippen LogP contribution >= 0.6 is 0 Å². The maximum atomic E-state index is 11.6. The first kappa shape index (κ1) is 13.8. The zero-order valence-electron chi connectivity index (χ0n) is 9.93. The molecule has 0 atom stereocenters. The molecule has 0 saturated heterocycles. The molecule has 17 heavy (non-hydrogen) atoms. The topological polar surface area (TPSA) is 75.6 Å². The molecule has 1 rings (SSSR count). The van der Waals surface area contributed by atoms with E-state index in [1.807, 2.05) is 6.92 Å².